The number of ether oxygens (including phenoxy) is 2. The zero-order chi connectivity index (χ0) is 21.4. The van der Waals surface area contributed by atoms with Gasteiger partial charge >= 0.3 is 0 Å². The van der Waals surface area contributed by atoms with Crippen LogP contribution in [0.5, 0.6) is 11.5 Å². The van der Waals surface area contributed by atoms with Gasteiger partial charge in [0.25, 0.3) is 5.91 Å². The number of amides is 2. The van der Waals surface area contributed by atoms with E-state index in [4.69, 9.17) is 13.9 Å². The number of carbonyl (C=O) groups is 2. The van der Waals surface area contributed by atoms with Gasteiger partial charge in [0.15, 0.2) is 17.3 Å². The second-order valence-corrected chi connectivity index (χ2v) is 6.97. The highest BCUT2D eigenvalue weighted by Crippen LogP contribution is 2.30. The fraction of sp³-hybridized carbons (Fsp3) is 0.455. The van der Waals surface area contributed by atoms with Crippen LogP contribution in [-0.2, 0) is 4.79 Å². The van der Waals surface area contributed by atoms with Gasteiger partial charge < -0.3 is 24.5 Å². The van der Waals surface area contributed by atoms with Crippen molar-refractivity contribution < 1.29 is 23.5 Å². The van der Waals surface area contributed by atoms with E-state index in [-0.39, 0.29) is 23.6 Å². The molecule has 0 aliphatic heterocycles. The fourth-order valence-electron chi connectivity index (χ4n) is 2.88. The molecule has 29 heavy (non-hydrogen) atoms. The van der Waals surface area contributed by atoms with Gasteiger partial charge in [0, 0.05) is 0 Å². The SMILES string of the molecule is CCOc1ccc(C(C)NC(=O)C(NC(=O)c2ccco2)C(C)C)cc1OCC. The average molecular weight is 402 g/mol. The summed E-state index contributed by atoms with van der Waals surface area (Å²) in [5.41, 5.74) is 0.880. The molecular formula is C22H30N2O5. The monoisotopic (exact) mass is 402 g/mol. The molecule has 0 saturated heterocycles. The van der Waals surface area contributed by atoms with Crippen LogP contribution in [0.4, 0.5) is 0 Å². The van der Waals surface area contributed by atoms with Crippen LogP contribution in [0, 0.1) is 5.92 Å². The predicted octanol–water partition coefficient (Wildman–Crippen LogP) is 3.71. The lowest BCUT2D eigenvalue weighted by Gasteiger charge is -2.24. The average Bonchev–Trinajstić information content (AvgIpc) is 3.22. The zero-order valence-electron chi connectivity index (χ0n) is 17.7. The van der Waals surface area contributed by atoms with Crippen LogP contribution >= 0.6 is 0 Å². The molecule has 0 fully saturated rings. The van der Waals surface area contributed by atoms with Gasteiger partial charge in [0.05, 0.1) is 25.5 Å². The normalized spacial score (nSPS) is 12.9. The largest absolute Gasteiger partial charge is 0.490 e. The fourth-order valence-corrected chi connectivity index (χ4v) is 2.88. The molecule has 1 aromatic carbocycles. The zero-order valence-corrected chi connectivity index (χ0v) is 17.7. The number of carbonyl (C=O) groups excluding carboxylic acids is 2. The van der Waals surface area contributed by atoms with Crippen LogP contribution in [0.3, 0.4) is 0 Å². The smallest absolute Gasteiger partial charge is 0.287 e. The molecular weight excluding hydrogens is 372 g/mol. The first-order valence-corrected chi connectivity index (χ1v) is 9.91. The molecule has 2 N–H and O–H groups in total. The van der Waals surface area contributed by atoms with Crippen molar-refractivity contribution in [2.75, 3.05) is 13.2 Å². The minimum absolute atomic E-state index is 0.0968. The third-order valence-corrected chi connectivity index (χ3v) is 4.41. The number of hydrogen-bond donors (Lipinski definition) is 2. The van der Waals surface area contributed by atoms with Crippen molar-refractivity contribution >= 4 is 11.8 Å². The Kier molecular flexibility index (Phi) is 8.12. The summed E-state index contributed by atoms with van der Waals surface area (Å²) >= 11 is 0. The van der Waals surface area contributed by atoms with E-state index in [2.05, 4.69) is 10.6 Å². The molecule has 0 aliphatic carbocycles. The molecule has 7 nitrogen and oxygen atoms in total. The van der Waals surface area contributed by atoms with Crippen molar-refractivity contribution in [1.29, 1.82) is 0 Å². The lowest BCUT2D eigenvalue weighted by molar-refractivity contribution is -0.124. The molecule has 1 aromatic heterocycles. The van der Waals surface area contributed by atoms with E-state index in [1.165, 1.54) is 6.26 Å². The summed E-state index contributed by atoms with van der Waals surface area (Å²) in [6, 6.07) is 7.81. The van der Waals surface area contributed by atoms with Crippen molar-refractivity contribution in [3.05, 3.63) is 47.9 Å². The molecule has 0 saturated carbocycles. The van der Waals surface area contributed by atoms with Gasteiger partial charge in [-0.3, -0.25) is 9.59 Å². The van der Waals surface area contributed by atoms with E-state index in [0.29, 0.717) is 24.7 Å². The second kappa shape index (κ2) is 10.5. The van der Waals surface area contributed by atoms with E-state index >= 15 is 0 Å². The highest BCUT2D eigenvalue weighted by atomic mass is 16.5. The second-order valence-electron chi connectivity index (χ2n) is 6.97. The molecule has 2 amide bonds. The Bertz CT molecular complexity index is 802. The Morgan fingerprint density at radius 3 is 2.28 bits per heavy atom. The van der Waals surface area contributed by atoms with E-state index in [9.17, 15) is 9.59 Å². The summed E-state index contributed by atoms with van der Waals surface area (Å²) in [7, 11) is 0. The van der Waals surface area contributed by atoms with E-state index in [1.807, 2.05) is 52.8 Å². The first-order valence-electron chi connectivity index (χ1n) is 9.91. The summed E-state index contributed by atoms with van der Waals surface area (Å²) in [6.45, 7) is 10.5. The van der Waals surface area contributed by atoms with Gasteiger partial charge in [-0.15, -0.1) is 0 Å². The predicted molar refractivity (Wildman–Crippen MR) is 110 cm³/mol. The number of benzene rings is 1. The maximum absolute atomic E-state index is 12.8. The van der Waals surface area contributed by atoms with Crippen molar-refractivity contribution in [3.8, 4) is 11.5 Å². The van der Waals surface area contributed by atoms with Crippen molar-refractivity contribution in [1.82, 2.24) is 10.6 Å². The molecule has 2 rings (SSSR count). The molecule has 7 heteroatoms. The molecule has 1 heterocycles. The van der Waals surface area contributed by atoms with E-state index in [1.54, 1.807) is 12.1 Å². The first kappa shape index (κ1) is 22.3. The molecule has 2 aromatic rings. The van der Waals surface area contributed by atoms with Crippen molar-refractivity contribution in [2.45, 2.75) is 46.7 Å². The van der Waals surface area contributed by atoms with Gasteiger partial charge in [-0.2, -0.15) is 0 Å². The van der Waals surface area contributed by atoms with Gasteiger partial charge in [0.2, 0.25) is 5.91 Å². The van der Waals surface area contributed by atoms with Gasteiger partial charge in [-0.1, -0.05) is 19.9 Å². The van der Waals surface area contributed by atoms with E-state index < -0.39 is 11.9 Å². The van der Waals surface area contributed by atoms with Crippen LogP contribution in [0.25, 0.3) is 0 Å². The third-order valence-electron chi connectivity index (χ3n) is 4.41. The molecule has 0 bridgehead atoms. The maximum Gasteiger partial charge on any atom is 0.287 e. The lowest BCUT2D eigenvalue weighted by Crippen LogP contribution is -2.50. The topological polar surface area (TPSA) is 89.8 Å². The van der Waals surface area contributed by atoms with Crippen molar-refractivity contribution in [3.63, 3.8) is 0 Å². The summed E-state index contributed by atoms with van der Waals surface area (Å²) in [6.07, 6.45) is 1.42. The highest BCUT2D eigenvalue weighted by molar-refractivity contribution is 5.95. The molecule has 0 aliphatic rings. The molecule has 158 valence electrons. The van der Waals surface area contributed by atoms with Crippen LogP contribution in [0.1, 0.15) is 56.8 Å². The Morgan fingerprint density at radius 1 is 1.00 bits per heavy atom. The first-order chi connectivity index (χ1) is 13.9. The molecule has 0 radical (unpaired) electrons. The highest BCUT2D eigenvalue weighted by Gasteiger charge is 2.27. The summed E-state index contributed by atoms with van der Waals surface area (Å²) in [5.74, 6) is 0.696. The Labute approximate surface area is 171 Å². The summed E-state index contributed by atoms with van der Waals surface area (Å²) < 4.78 is 16.3. The molecule has 2 unspecified atom stereocenters. The Balaban J connectivity index is 2.10. The van der Waals surface area contributed by atoms with E-state index in [0.717, 1.165) is 5.56 Å². The maximum atomic E-state index is 12.8. The molecule has 2 atom stereocenters. The standard InChI is InChI=1S/C22H30N2O5/c1-6-27-17-11-10-16(13-19(17)28-7-2)15(5)23-22(26)20(14(3)4)24-21(25)18-9-8-12-29-18/h8-15,20H,6-7H2,1-5H3,(H,23,26)(H,24,25). The molecule has 0 spiro atoms. The summed E-state index contributed by atoms with van der Waals surface area (Å²) in [5, 5.41) is 5.71. The number of hydrogen-bond acceptors (Lipinski definition) is 5. The van der Waals surface area contributed by atoms with Gasteiger partial charge in [-0.05, 0) is 56.5 Å². The van der Waals surface area contributed by atoms with Crippen molar-refractivity contribution in [2.24, 2.45) is 5.92 Å². The van der Waals surface area contributed by atoms with Gasteiger partial charge in [-0.25, -0.2) is 0 Å². The Hall–Kier alpha value is -2.96. The lowest BCUT2D eigenvalue weighted by atomic mass is 10.0. The van der Waals surface area contributed by atoms with Crippen LogP contribution in [0.15, 0.2) is 41.0 Å². The quantitative estimate of drug-likeness (QED) is 0.632. The van der Waals surface area contributed by atoms with Crippen LogP contribution in [0.2, 0.25) is 0 Å². The minimum Gasteiger partial charge on any atom is -0.490 e. The number of nitrogens with one attached hydrogen (secondary N) is 2. The van der Waals surface area contributed by atoms with Gasteiger partial charge in [0.1, 0.15) is 6.04 Å². The third kappa shape index (κ3) is 6.01. The number of rotatable bonds is 10. The van der Waals surface area contributed by atoms with Crippen LogP contribution < -0.4 is 20.1 Å². The summed E-state index contributed by atoms with van der Waals surface area (Å²) in [4.78, 5) is 25.1. The number of furan rings is 1. The van der Waals surface area contributed by atoms with Crippen LogP contribution in [-0.4, -0.2) is 31.1 Å². The Morgan fingerprint density at radius 2 is 1.69 bits per heavy atom. The minimum atomic E-state index is -0.691.